The van der Waals surface area contributed by atoms with Crippen LogP contribution in [0.4, 0.5) is 0 Å². The van der Waals surface area contributed by atoms with Gasteiger partial charge in [0, 0.05) is 22.1 Å². The van der Waals surface area contributed by atoms with Crippen LogP contribution in [-0.2, 0) is 6.42 Å². The lowest BCUT2D eigenvalue weighted by Crippen LogP contribution is -2.39. The van der Waals surface area contributed by atoms with E-state index in [-0.39, 0.29) is 0 Å². The molecule has 1 aromatic carbocycles. The molecule has 0 aromatic heterocycles. The Morgan fingerprint density at radius 3 is 2.53 bits per heavy atom. The van der Waals surface area contributed by atoms with E-state index in [0.717, 1.165) is 22.4 Å². The van der Waals surface area contributed by atoms with Gasteiger partial charge >= 0.3 is 0 Å². The summed E-state index contributed by atoms with van der Waals surface area (Å²) in [7, 11) is 0. The third-order valence-corrected chi connectivity index (χ3v) is 5.51. The highest BCUT2D eigenvalue weighted by Gasteiger charge is 2.16. The highest BCUT2D eigenvalue weighted by atomic mass is 35.5. The molecule has 1 atom stereocenters. The maximum atomic E-state index is 5.90. The molecule has 19 heavy (non-hydrogen) atoms. The molecule has 0 saturated heterocycles. The maximum absolute atomic E-state index is 5.90. The van der Waals surface area contributed by atoms with E-state index in [1.165, 1.54) is 37.7 Å². The van der Waals surface area contributed by atoms with Crippen LogP contribution in [0, 0.1) is 0 Å². The fourth-order valence-corrected chi connectivity index (χ4v) is 4.07. The van der Waals surface area contributed by atoms with Crippen molar-refractivity contribution in [3.05, 3.63) is 34.9 Å². The SMILES string of the molecule is NNC(CSC1CCCCC1)Cc1ccc(Cl)cc1. The van der Waals surface area contributed by atoms with Crippen LogP contribution in [0.1, 0.15) is 37.7 Å². The van der Waals surface area contributed by atoms with Crippen molar-refractivity contribution in [3.8, 4) is 0 Å². The standard InChI is InChI=1S/C15H23ClN2S/c16-13-8-6-12(7-9-13)10-14(18-17)11-19-15-4-2-1-3-5-15/h6-9,14-15,18H,1-5,10-11,17H2. The third kappa shape index (κ3) is 5.35. The Kier molecular flexibility index (Phi) is 6.51. The van der Waals surface area contributed by atoms with Crippen LogP contribution in [0.2, 0.25) is 5.02 Å². The average Bonchev–Trinajstić information content (AvgIpc) is 2.46. The molecule has 0 aliphatic heterocycles. The number of halogens is 1. The van der Waals surface area contributed by atoms with Gasteiger partial charge in [-0.3, -0.25) is 11.3 Å². The number of hydrogen-bond acceptors (Lipinski definition) is 3. The van der Waals surface area contributed by atoms with Gasteiger partial charge in [0.15, 0.2) is 0 Å². The second kappa shape index (κ2) is 8.15. The molecule has 0 amide bonds. The number of nitrogens with one attached hydrogen (secondary N) is 1. The second-order valence-corrected chi connectivity index (χ2v) is 7.06. The zero-order chi connectivity index (χ0) is 13.5. The fourth-order valence-electron chi connectivity index (χ4n) is 2.56. The van der Waals surface area contributed by atoms with Crippen LogP contribution in [0.5, 0.6) is 0 Å². The largest absolute Gasteiger partial charge is 0.271 e. The van der Waals surface area contributed by atoms with Gasteiger partial charge in [-0.25, -0.2) is 0 Å². The molecule has 3 N–H and O–H groups in total. The van der Waals surface area contributed by atoms with Crippen molar-refractivity contribution in [1.82, 2.24) is 5.43 Å². The highest BCUT2D eigenvalue weighted by Crippen LogP contribution is 2.28. The van der Waals surface area contributed by atoms with Gasteiger partial charge in [-0.1, -0.05) is 43.0 Å². The number of thioether (sulfide) groups is 1. The number of rotatable bonds is 6. The van der Waals surface area contributed by atoms with Crippen molar-refractivity contribution in [2.45, 2.75) is 49.8 Å². The zero-order valence-corrected chi connectivity index (χ0v) is 12.8. The lowest BCUT2D eigenvalue weighted by molar-refractivity contribution is 0.513. The molecule has 0 radical (unpaired) electrons. The maximum Gasteiger partial charge on any atom is 0.0406 e. The molecule has 1 aromatic rings. The average molecular weight is 299 g/mol. The second-order valence-electron chi connectivity index (χ2n) is 5.29. The van der Waals surface area contributed by atoms with Crippen molar-refractivity contribution >= 4 is 23.4 Å². The summed E-state index contributed by atoms with van der Waals surface area (Å²) in [4.78, 5) is 0. The van der Waals surface area contributed by atoms with Crippen molar-refractivity contribution in [1.29, 1.82) is 0 Å². The van der Waals surface area contributed by atoms with Crippen LogP contribution in [0.25, 0.3) is 0 Å². The van der Waals surface area contributed by atoms with Gasteiger partial charge in [0.25, 0.3) is 0 Å². The molecule has 2 nitrogen and oxygen atoms in total. The summed E-state index contributed by atoms with van der Waals surface area (Å²) in [5.41, 5.74) is 4.24. The minimum Gasteiger partial charge on any atom is -0.271 e. The van der Waals surface area contributed by atoms with Crippen LogP contribution < -0.4 is 11.3 Å². The first-order chi connectivity index (χ1) is 9.28. The van der Waals surface area contributed by atoms with Gasteiger partial charge in [0.2, 0.25) is 0 Å². The first kappa shape index (κ1) is 15.2. The number of hydrogen-bond donors (Lipinski definition) is 2. The Morgan fingerprint density at radius 2 is 1.89 bits per heavy atom. The van der Waals surface area contributed by atoms with Crippen molar-refractivity contribution in [2.75, 3.05) is 5.75 Å². The Morgan fingerprint density at radius 1 is 1.21 bits per heavy atom. The highest BCUT2D eigenvalue weighted by molar-refractivity contribution is 7.99. The molecule has 1 unspecified atom stereocenters. The van der Waals surface area contributed by atoms with Gasteiger partial charge in [0.05, 0.1) is 0 Å². The number of hydrazine groups is 1. The van der Waals surface area contributed by atoms with E-state index < -0.39 is 0 Å². The first-order valence-corrected chi connectivity index (χ1v) is 8.53. The molecule has 0 bridgehead atoms. The fraction of sp³-hybridized carbons (Fsp3) is 0.600. The monoisotopic (exact) mass is 298 g/mol. The topological polar surface area (TPSA) is 38.0 Å². The van der Waals surface area contributed by atoms with E-state index in [9.17, 15) is 0 Å². The molecule has 2 rings (SSSR count). The Balaban J connectivity index is 1.77. The molecular formula is C15H23ClN2S. The molecule has 1 aliphatic rings. The first-order valence-electron chi connectivity index (χ1n) is 7.10. The quantitative estimate of drug-likeness (QED) is 0.620. The lowest BCUT2D eigenvalue weighted by Gasteiger charge is -2.23. The molecule has 1 aliphatic carbocycles. The summed E-state index contributed by atoms with van der Waals surface area (Å²) in [6.07, 6.45) is 7.94. The van der Waals surface area contributed by atoms with E-state index >= 15 is 0 Å². The van der Waals surface area contributed by atoms with E-state index in [0.29, 0.717) is 6.04 Å². The van der Waals surface area contributed by atoms with E-state index in [1.807, 2.05) is 12.1 Å². The summed E-state index contributed by atoms with van der Waals surface area (Å²) in [6, 6.07) is 8.39. The Bertz CT molecular complexity index is 363. The Hall–Kier alpha value is -0.220. The van der Waals surface area contributed by atoms with Crippen LogP contribution in [-0.4, -0.2) is 17.0 Å². The number of benzene rings is 1. The molecule has 1 fully saturated rings. The predicted octanol–water partition coefficient (Wildman–Crippen LogP) is 3.78. The van der Waals surface area contributed by atoms with Crippen LogP contribution in [0.3, 0.4) is 0 Å². The van der Waals surface area contributed by atoms with E-state index in [1.54, 1.807) is 0 Å². The normalized spacial score (nSPS) is 18.4. The molecule has 0 heterocycles. The van der Waals surface area contributed by atoms with Crippen molar-refractivity contribution in [2.24, 2.45) is 5.84 Å². The van der Waals surface area contributed by atoms with Crippen LogP contribution >= 0.6 is 23.4 Å². The zero-order valence-electron chi connectivity index (χ0n) is 11.3. The minimum absolute atomic E-state index is 0.341. The van der Waals surface area contributed by atoms with E-state index in [4.69, 9.17) is 17.4 Å². The Labute approximate surface area is 125 Å². The smallest absolute Gasteiger partial charge is 0.0406 e. The lowest BCUT2D eigenvalue weighted by atomic mass is 10.0. The minimum atomic E-state index is 0.341. The molecule has 106 valence electrons. The third-order valence-electron chi connectivity index (χ3n) is 3.72. The van der Waals surface area contributed by atoms with Crippen LogP contribution in [0.15, 0.2) is 24.3 Å². The molecule has 1 saturated carbocycles. The summed E-state index contributed by atoms with van der Waals surface area (Å²) in [6.45, 7) is 0. The molecule has 4 heteroatoms. The summed E-state index contributed by atoms with van der Waals surface area (Å²) >= 11 is 7.98. The summed E-state index contributed by atoms with van der Waals surface area (Å²) in [5, 5.41) is 1.63. The number of nitrogens with two attached hydrogens (primary N) is 1. The van der Waals surface area contributed by atoms with Gasteiger partial charge in [-0.15, -0.1) is 0 Å². The van der Waals surface area contributed by atoms with Gasteiger partial charge in [-0.05, 0) is 37.0 Å². The van der Waals surface area contributed by atoms with E-state index in [2.05, 4.69) is 29.3 Å². The molecular weight excluding hydrogens is 276 g/mol. The van der Waals surface area contributed by atoms with Crippen molar-refractivity contribution in [3.63, 3.8) is 0 Å². The van der Waals surface area contributed by atoms with Gasteiger partial charge in [-0.2, -0.15) is 11.8 Å². The van der Waals surface area contributed by atoms with Crippen molar-refractivity contribution < 1.29 is 0 Å². The van der Waals surface area contributed by atoms with Gasteiger partial charge < -0.3 is 0 Å². The summed E-state index contributed by atoms with van der Waals surface area (Å²) < 4.78 is 0. The predicted molar refractivity (Wildman–Crippen MR) is 85.6 cm³/mol. The summed E-state index contributed by atoms with van der Waals surface area (Å²) in [5.74, 6) is 6.76. The van der Waals surface area contributed by atoms with Gasteiger partial charge in [0.1, 0.15) is 0 Å². The molecule has 0 spiro atoms.